The van der Waals surface area contributed by atoms with Gasteiger partial charge in [-0.05, 0) is 55.2 Å². The average molecular weight is 405 g/mol. The van der Waals surface area contributed by atoms with Crippen molar-refractivity contribution < 1.29 is 19.8 Å². The van der Waals surface area contributed by atoms with E-state index in [9.17, 15) is 14.7 Å². The number of phenols is 1. The van der Waals surface area contributed by atoms with E-state index in [0.717, 1.165) is 30.4 Å². The molecule has 0 saturated heterocycles. The molecule has 30 heavy (non-hydrogen) atoms. The fraction of sp³-hybridized carbons (Fsp3) is 0.200. The maximum absolute atomic E-state index is 12.2. The number of carbonyl (C=O) groups excluding carboxylic acids is 1. The maximum Gasteiger partial charge on any atom is 0.409 e. The second kappa shape index (κ2) is 11.4. The van der Waals surface area contributed by atoms with Crippen molar-refractivity contribution in [3.63, 3.8) is 0 Å². The largest absolute Gasteiger partial charge is 0.507 e. The highest BCUT2D eigenvalue weighted by Gasteiger charge is 2.13. The number of hydrogen-bond donors (Lipinski definition) is 3. The number of rotatable bonds is 6. The van der Waals surface area contributed by atoms with Crippen LogP contribution in [0.25, 0.3) is 0 Å². The van der Waals surface area contributed by atoms with E-state index in [1.807, 2.05) is 37.3 Å². The van der Waals surface area contributed by atoms with Crippen molar-refractivity contribution in [2.24, 2.45) is 0 Å². The Hall–Kier alpha value is -3.60. The minimum atomic E-state index is -1.03. The zero-order chi connectivity index (χ0) is 21.9. The number of carboxylic acid groups (broad SMARTS) is 1. The van der Waals surface area contributed by atoms with Crippen molar-refractivity contribution in [2.45, 2.75) is 33.1 Å². The molecule has 0 aliphatic rings. The van der Waals surface area contributed by atoms with Crippen LogP contribution in [0, 0.1) is 6.92 Å². The number of benzene rings is 3. The molecule has 0 bridgehead atoms. The normalized spacial score (nSPS) is 9.93. The lowest BCUT2D eigenvalue weighted by Gasteiger charge is -2.06. The van der Waals surface area contributed by atoms with Crippen LogP contribution in [0.15, 0.2) is 72.8 Å². The van der Waals surface area contributed by atoms with E-state index in [4.69, 9.17) is 5.11 Å². The highest BCUT2D eigenvalue weighted by Crippen LogP contribution is 2.23. The molecule has 0 spiro atoms. The van der Waals surface area contributed by atoms with Gasteiger partial charge in [-0.15, -0.1) is 0 Å². The van der Waals surface area contributed by atoms with Crippen LogP contribution < -0.4 is 5.32 Å². The molecule has 3 aromatic carbocycles. The molecule has 5 nitrogen and oxygen atoms in total. The predicted molar refractivity (Wildman–Crippen MR) is 119 cm³/mol. The Kier molecular flexibility index (Phi) is 8.63. The van der Waals surface area contributed by atoms with Gasteiger partial charge < -0.3 is 10.2 Å². The summed E-state index contributed by atoms with van der Waals surface area (Å²) < 4.78 is 0. The average Bonchev–Trinajstić information content (AvgIpc) is 2.72. The number of unbranched alkanes of at least 4 members (excludes halogenated alkanes) is 1. The van der Waals surface area contributed by atoms with Gasteiger partial charge in [-0.3, -0.25) is 10.1 Å². The molecule has 3 aromatic rings. The first-order valence-electron chi connectivity index (χ1n) is 9.89. The van der Waals surface area contributed by atoms with E-state index in [1.165, 1.54) is 0 Å². The Morgan fingerprint density at radius 3 is 2.27 bits per heavy atom. The van der Waals surface area contributed by atoms with Crippen LogP contribution in [0.2, 0.25) is 0 Å². The Bertz CT molecular complexity index is 983. The molecule has 0 unspecified atom stereocenters. The van der Waals surface area contributed by atoms with Crippen LogP contribution in [0.1, 0.15) is 46.8 Å². The van der Waals surface area contributed by atoms with Gasteiger partial charge in [0.15, 0.2) is 5.78 Å². The number of anilines is 1. The lowest BCUT2D eigenvalue weighted by Crippen LogP contribution is -2.06. The van der Waals surface area contributed by atoms with Gasteiger partial charge in [-0.2, -0.15) is 0 Å². The maximum atomic E-state index is 12.2. The number of phenolic OH excluding ortho intramolecular Hbond substituents is 1. The molecule has 0 fully saturated rings. The first-order chi connectivity index (χ1) is 14.4. The summed E-state index contributed by atoms with van der Waals surface area (Å²) in [7, 11) is 0. The smallest absolute Gasteiger partial charge is 0.409 e. The zero-order valence-electron chi connectivity index (χ0n) is 17.3. The van der Waals surface area contributed by atoms with Gasteiger partial charge in [0, 0.05) is 11.3 Å². The minimum absolute atomic E-state index is 0.0717. The summed E-state index contributed by atoms with van der Waals surface area (Å²) >= 11 is 0. The Morgan fingerprint density at radius 1 is 0.933 bits per heavy atom. The molecule has 0 aromatic heterocycles. The van der Waals surface area contributed by atoms with Crippen molar-refractivity contribution in [3.05, 3.63) is 95.1 Å². The second-order valence-corrected chi connectivity index (χ2v) is 6.95. The van der Waals surface area contributed by atoms with Gasteiger partial charge in [-0.25, -0.2) is 4.79 Å². The van der Waals surface area contributed by atoms with Crippen LogP contribution in [0.4, 0.5) is 10.5 Å². The third kappa shape index (κ3) is 7.09. The third-order valence-corrected chi connectivity index (χ3v) is 4.43. The number of ketones is 1. The Morgan fingerprint density at radius 2 is 1.67 bits per heavy atom. The van der Waals surface area contributed by atoms with Gasteiger partial charge in [0.2, 0.25) is 0 Å². The van der Waals surface area contributed by atoms with Crippen molar-refractivity contribution in [1.82, 2.24) is 0 Å². The molecule has 156 valence electrons. The van der Waals surface area contributed by atoms with Gasteiger partial charge >= 0.3 is 6.09 Å². The van der Waals surface area contributed by atoms with Crippen LogP contribution >= 0.6 is 0 Å². The number of hydrogen-bond acceptors (Lipinski definition) is 3. The lowest BCUT2D eigenvalue weighted by atomic mass is 9.99. The van der Waals surface area contributed by atoms with Gasteiger partial charge in [0.1, 0.15) is 5.75 Å². The molecule has 5 heteroatoms. The molecule has 0 aliphatic carbocycles. The molecule has 0 radical (unpaired) electrons. The van der Waals surface area contributed by atoms with Crippen molar-refractivity contribution in [3.8, 4) is 5.75 Å². The number of carbonyl (C=O) groups is 2. The molecule has 3 N–H and O–H groups in total. The quantitative estimate of drug-likeness (QED) is 0.436. The summed E-state index contributed by atoms with van der Waals surface area (Å²) in [4.78, 5) is 22.4. The summed E-state index contributed by atoms with van der Waals surface area (Å²) in [5.41, 5.74) is 3.68. The van der Waals surface area contributed by atoms with E-state index in [0.29, 0.717) is 16.8 Å². The lowest BCUT2D eigenvalue weighted by molar-refractivity contribution is 0.103. The minimum Gasteiger partial charge on any atom is -0.507 e. The van der Waals surface area contributed by atoms with Gasteiger partial charge in [-0.1, -0.05) is 61.9 Å². The van der Waals surface area contributed by atoms with Crippen LogP contribution in [-0.2, 0) is 6.42 Å². The molecular formula is C25H27NO4. The van der Waals surface area contributed by atoms with Gasteiger partial charge in [0.05, 0.1) is 5.56 Å². The zero-order valence-corrected chi connectivity index (χ0v) is 17.3. The van der Waals surface area contributed by atoms with Crippen LogP contribution in [0.5, 0.6) is 5.75 Å². The Labute approximate surface area is 177 Å². The van der Waals surface area contributed by atoms with Crippen molar-refractivity contribution >= 4 is 17.6 Å². The van der Waals surface area contributed by atoms with Gasteiger partial charge in [0.25, 0.3) is 0 Å². The molecule has 0 aliphatic heterocycles. The molecule has 0 heterocycles. The standard InChI is InChI=1S/C17H18O2.C8H9NO2/c1-2-3-7-13-10-11-15(16(18)12-13)17(19)14-8-5-4-6-9-14;1-6-3-2-4-7(5-6)9-8(10)11/h4-6,8-12,18H,2-3,7H2,1H3;2-5,9H,1H3,(H,10,11). The first kappa shape index (κ1) is 22.7. The topological polar surface area (TPSA) is 86.6 Å². The van der Waals surface area contributed by atoms with E-state index < -0.39 is 6.09 Å². The van der Waals surface area contributed by atoms with Crippen LogP contribution in [0.3, 0.4) is 0 Å². The Balaban J connectivity index is 0.000000248. The fourth-order valence-electron chi connectivity index (χ4n) is 2.90. The predicted octanol–water partition coefficient (Wildman–Crippen LogP) is 6.05. The summed E-state index contributed by atoms with van der Waals surface area (Å²) in [6, 6.07) is 21.6. The number of aromatic hydroxyl groups is 1. The third-order valence-electron chi connectivity index (χ3n) is 4.43. The number of amides is 1. The molecule has 1 amide bonds. The van der Waals surface area contributed by atoms with E-state index in [-0.39, 0.29) is 11.5 Å². The molecular weight excluding hydrogens is 378 g/mol. The summed E-state index contributed by atoms with van der Waals surface area (Å²) in [5, 5.41) is 20.6. The highest BCUT2D eigenvalue weighted by molar-refractivity contribution is 6.10. The second-order valence-electron chi connectivity index (χ2n) is 6.95. The summed E-state index contributed by atoms with van der Waals surface area (Å²) in [5.74, 6) is -0.0670. The number of nitrogens with one attached hydrogen (secondary N) is 1. The fourth-order valence-corrected chi connectivity index (χ4v) is 2.90. The monoisotopic (exact) mass is 405 g/mol. The molecule has 3 rings (SSSR count). The van der Waals surface area contributed by atoms with E-state index in [1.54, 1.807) is 42.5 Å². The number of aryl methyl sites for hydroxylation is 2. The van der Waals surface area contributed by atoms with Crippen molar-refractivity contribution in [1.29, 1.82) is 0 Å². The van der Waals surface area contributed by atoms with E-state index in [2.05, 4.69) is 12.2 Å². The molecule has 0 saturated carbocycles. The highest BCUT2D eigenvalue weighted by atomic mass is 16.4. The SMILES string of the molecule is CCCCc1ccc(C(=O)c2ccccc2)c(O)c1.Cc1cccc(NC(=O)O)c1. The summed E-state index contributed by atoms with van der Waals surface area (Å²) in [6.45, 7) is 4.04. The molecule has 0 atom stereocenters. The summed E-state index contributed by atoms with van der Waals surface area (Å²) in [6.07, 6.45) is 2.11. The van der Waals surface area contributed by atoms with E-state index >= 15 is 0 Å². The van der Waals surface area contributed by atoms with Crippen LogP contribution in [-0.4, -0.2) is 22.1 Å². The van der Waals surface area contributed by atoms with Crippen molar-refractivity contribution in [2.75, 3.05) is 5.32 Å². The first-order valence-corrected chi connectivity index (χ1v) is 9.89.